The Hall–Kier alpha value is -1.60. The Labute approximate surface area is 108 Å². The zero-order valence-corrected chi connectivity index (χ0v) is 10.4. The summed E-state index contributed by atoms with van der Waals surface area (Å²) in [6, 6.07) is 3.60. The van der Waals surface area contributed by atoms with E-state index >= 15 is 0 Å². The van der Waals surface area contributed by atoms with Crippen LogP contribution in [0.4, 0.5) is 0 Å². The molecule has 0 saturated carbocycles. The Balaban J connectivity index is 2.17. The first kappa shape index (κ1) is 14.5. The third-order valence-corrected chi connectivity index (χ3v) is 3.06. The van der Waals surface area contributed by atoms with Gasteiger partial charge in [-0.2, -0.15) is 0 Å². The van der Waals surface area contributed by atoms with Gasteiger partial charge in [-0.25, -0.2) is 4.79 Å². The van der Waals surface area contributed by atoms with Crippen molar-refractivity contribution in [1.29, 1.82) is 0 Å². The fourth-order valence-corrected chi connectivity index (χ4v) is 1.82. The first-order chi connectivity index (χ1) is 8.59. The molecule has 98 valence electrons. The normalized spacial score (nSPS) is 11.8. The van der Waals surface area contributed by atoms with E-state index in [1.54, 1.807) is 24.5 Å². The number of carboxylic acid groups (broad SMARTS) is 1. The number of nitrogens with zero attached hydrogens (tertiary/aromatic N) is 1. The summed E-state index contributed by atoms with van der Waals surface area (Å²) < 4.78 is 0. The van der Waals surface area contributed by atoms with Crippen LogP contribution in [0.3, 0.4) is 0 Å². The van der Waals surface area contributed by atoms with E-state index in [-0.39, 0.29) is 24.6 Å². The number of carboxylic acids is 1. The molecule has 0 radical (unpaired) electrons. The van der Waals surface area contributed by atoms with E-state index in [1.165, 1.54) is 11.8 Å². The molecule has 7 heteroatoms. The van der Waals surface area contributed by atoms with Crippen molar-refractivity contribution in [2.24, 2.45) is 0 Å². The lowest BCUT2D eigenvalue weighted by Gasteiger charge is -2.07. The monoisotopic (exact) mass is 270 g/mol. The highest BCUT2D eigenvalue weighted by Gasteiger charge is 2.12. The third kappa shape index (κ3) is 5.65. The zero-order valence-electron chi connectivity index (χ0n) is 9.57. The van der Waals surface area contributed by atoms with E-state index in [1.807, 2.05) is 0 Å². The van der Waals surface area contributed by atoms with Crippen molar-refractivity contribution in [1.82, 2.24) is 10.3 Å². The zero-order chi connectivity index (χ0) is 13.4. The number of carbonyl (C=O) groups excluding carboxylic acids is 1. The van der Waals surface area contributed by atoms with E-state index in [4.69, 9.17) is 10.2 Å². The van der Waals surface area contributed by atoms with Gasteiger partial charge in [0.25, 0.3) is 0 Å². The maximum atomic E-state index is 11.4. The largest absolute Gasteiger partial charge is 0.479 e. The van der Waals surface area contributed by atoms with Crippen LogP contribution in [0.2, 0.25) is 0 Å². The topological polar surface area (TPSA) is 99.5 Å². The van der Waals surface area contributed by atoms with Crippen molar-refractivity contribution in [3.63, 3.8) is 0 Å². The van der Waals surface area contributed by atoms with Gasteiger partial charge in [0.2, 0.25) is 5.91 Å². The summed E-state index contributed by atoms with van der Waals surface area (Å²) in [5.74, 6) is -1.24. The van der Waals surface area contributed by atoms with E-state index in [0.717, 1.165) is 4.90 Å². The Kier molecular flexibility index (Phi) is 6.16. The molecule has 0 saturated heterocycles. The Morgan fingerprint density at radius 1 is 1.39 bits per heavy atom. The van der Waals surface area contributed by atoms with Crippen molar-refractivity contribution in [2.45, 2.75) is 17.4 Å². The van der Waals surface area contributed by atoms with Crippen molar-refractivity contribution >= 4 is 23.6 Å². The minimum Gasteiger partial charge on any atom is -0.479 e. The van der Waals surface area contributed by atoms with Gasteiger partial charge in [0.15, 0.2) is 6.10 Å². The molecule has 1 rings (SSSR count). The van der Waals surface area contributed by atoms with Gasteiger partial charge >= 0.3 is 5.97 Å². The van der Waals surface area contributed by atoms with Crippen molar-refractivity contribution in [3.05, 3.63) is 24.5 Å². The molecule has 1 heterocycles. The number of pyridine rings is 1. The summed E-state index contributed by atoms with van der Waals surface area (Å²) in [5.41, 5.74) is 0. The number of nitrogens with one attached hydrogen (secondary N) is 1. The predicted octanol–water partition coefficient (Wildman–Crippen LogP) is 0.125. The molecule has 6 nitrogen and oxygen atoms in total. The molecule has 1 amide bonds. The number of aliphatic hydroxyl groups is 1. The standard InChI is InChI=1S/C11H14N2O4S/c14-9(11(16)17)3-6-13-10(15)7-18-8-1-4-12-5-2-8/h1-2,4-5,9,14H,3,6-7H2,(H,13,15)(H,16,17)/t9-/m0/s1. The molecule has 1 aromatic rings. The van der Waals surface area contributed by atoms with E-state index in [0.29, 0.717) is 0 Å². The van der Waals surface area contributed by atoms with Gasteiger partial charge in [0.1, 0.15) is 0 Å². The molecule has 3 N–H and O–H groups in total. The molecular formula is C11H14N2O4S. The van der Waals surface area contributed by atoms with Crippen LogP contribution in [0.1, 0.15) is 6.42 Å². The smallest absolute Gasteiger partial charge is 0.332 e. The van der Waals surface area contributed by atoms with Crippen LogP contribution in [0.15, 0.2) is 29.4 Å². The summed E-state index contributed by atoms with van der Waals surface area (Å²) in [6.07, 6.45) is 1.85. The number of aromatic nitrogens is 1. The first-order valence-corrected chi connectivity index (χ1v) is 6.28. The van der Waals surface area contributed by atoms with Gasteiger partial charge in [0.05, 0.1) is 5.75 Å². The van der Waals surface area contributed by atoms with Crippen LogP contribution in [0, 0.1) is 0 Å². The molecule has 0 aliphatic rings. The number of hydrogen-bond acceptors (Lipinski definition) is 5. The SMILES string of the molecule is O=C(CSc1ccncc1)NCC[C@H](O)C(=O)O. The lowest BCUT2D eigenvalue weighted by molar-refractivity contribution is -0.147. The second kappa shape index (κ2) is 7.67. The lowest BCUT2D eigenvalue weighted by atomic mass is 10.2. The van der Waals surface area contributed by atoms with E-state index in [9.17, 15) is 9.59 Å². The van der Waals surface area contributed by atoms with Gasteiger partial charge in [-0.3, -0.25) is 9.78 Å². The number of rotatable bonds is 7. The highest BCUT2D eigenvalue weighted by Crippen LogP contribution is 2.15. The summed E-state index contributed by atoms with van der Waals surface area (Å²) in [6.45, 7) is 0.142. The average Bonchev–Trinajstić information content (AvgIpc) is 2.37. The number of amides is 1. The average molecular weight is 270 g/mol. The number of thioether (sulfide) groups is 1. The summed E-state index contributed by atoms with van der Waals surface area (Å²) >= 11 is 1.36. The number of aliphatic carboxylic acids is 1. The summed E-state index contributed by atoms with van der Waals surface area (Å²) in [5, 5.41) is 20.0. The molecule has 0 unspecified atom stereocenters. The van der Waals surface area contributed by atoms with Gasteiger partial charge in [-0.15, -0.1) is 11.8 Å². The van der Waals surface area contributed by atoms with Crippen LogP contribution in [-0.2, 0) is 9.59 Å². The van der Waals surface area contributed by atoms with Gasteiger partial charge in [-0.05, 0) is 12.1 Å². The maximum Gasteiger partial charge on any atom is 0.332 e. The fourth-order valence-electron chi connectivity index (χ4n) is 1.11. The van der Waals surface area contributed by atoms with Gasteiger partial charge in [-0.1, -0.05) is 0 Å². The fraction of sp³-hybridized carbons (Fsp3) is 0.364. The van der Waals surface area contributed by atoms with Gasteiger partial charge < -0.3 is 15.5 Å². The summed E-state index contributed by atoms with van der Waals surface area (Å²) in [7, 11) is 0. The first-order valence-electron chi connectivity index (χ1n) is 5.30. The Bertz CT molecular complexity index is 399. The maximum absolute atomic E-state index is 11.4. The summed E-state index contributed by atoms with van der Waals surface area (Å²) in [4.78, 5) is 26.5. The van der Waals surface area contributed by atoms with Crippen LogP contribution in [0.25, 0.3) is 0 Å². The minimum absolute atomic E-state index is 0.000989. The molecule has 18 heavy (non-hydrogen) atoms. The molecule has 0 fully saturated rings. The molecule has 0 aliphatic heterocycles. The molecule has 0 aromatic carbocycles. The van der Waals surface area contributed by atoms with E-state index < -0.39 is 12.1 Å². The van der Waals surface area contributed by atoms with Crippen molar-refractivity contribution in [2.75, 3.05) is 12.3 Å². The second-order valence-corrected chi connectivity index (χ2v) is 4.51. The number of carbonyl (C=O) groups is 2. The van der Waals surface area contributed by atoms with Crippen LogP contribution in [-0.4, -0.2) is 45.5 Å². The van der Waals surface area contributed by atoms with Gasteiger partial charge in [0, 0.05) is 30.3 Å². The predicted molar refractivity (Wildman–Crippen MR) is 66.2 cm³/mol. The van der Waals surface area contributed by atoms with Crippen LogP contribution >= 0.6 is 11.8 Å². The van der Waals surface area contributed by atoms with Crippen molar-refractivity contribution in [3.8, 4) is 0 Å². The van der Waals surface area contributed by atoms with Crippen molar-refractivity contribution < 1.29 is 19.8 Å². The van der Waals surface area contributed by atoms with Crippen LogP contribution < -0.4 is 5.32 Å². The quantitative estimate of drug-likeness (QED) is 0.609. The van der Waals surface area contributed by atoms with E-state index in [2.05, 4.69) is 10.3 Å². The Morgan fingerprint density at radius 2 is 2.06 bits per heavy atom. The highest BCUT2D eigenvalue weighted by atomic mass is 32.2. The molecule has 0 spiro atoms. The molecule has 1 atom stereocenters. The highest BCUT2D eigenvalue weighted by molar-refractivity contribution is 8.00. The molecular weight excluding hydrogens is 256 g/mol. The third-order valence-electron chi connectivity index (χ3n) is 2.04. The number of hydrogen-bond donors (Lipinski definition) is 3. The minimum atomic E-state index is -1.43. The Morgan fingerprint density at radius 3 is 2.67 bits per heavy atom. The molecule has 0 bridgehead atoms. The second-order valence-electron chi connectivity index (χ2n) is 3.46. The molecule has 0 aliphatic carbocycles. The van der Waals surface area contributed by atoms with Crippen LogP contribution in [0.5, 0.6) is 0 Å². The lowest BCUT2D eigenvalue weighted by Crippen LogP contribution is -2.31. The molecule has 1 aromatic heterocycles. The number of aliphatic hydroxyl groups excluding tert-OH is 1.